The number of carboxylic acids is 1. The van der Waals surface area contributed by atoms with Crippen LogP contribution in [-0.4, -0.2) is 58.4 Å². The molecule has 0 bridgehead atoms. The van der Waals surface area contributed by atoms with E-state index in [1.807, 2.05) is 13.8 Å². The molecule has 1 atom stereocenters. The van der Waals surface area contributed by atoms with Crippen LogP contribution in [0.15, 0.2) is 0 Å². The van der Waals surface area contributed by atoms with Gasteiger partial charge in [-0.15, -0.1) is 0 Å². The summed E-state index contributed by atoms with van der Waals surface area (Å²) in [6.07, 6.45) is 0.205. The number of amides is 1. The minimum Gasteiger partial charge on any atom is -0.481 e. The van der Waals surface area contributed by atoms with Crippen molar-refractivity contribution < 1.29 is 24.5 Å². The van der Waals surface area contributed by atoms with Gasteiger partial charge >= 0.3 is 5.97 Å². The largest absolute Gasteiger partial charge is 0.481 e. The number of nitrogens with zero attached hydrogens (tertiary/aromatic N) is 1. The summed E-state index contributed by atoms with van der Waals surface area (Å²) in [5, 5.41) is 17.7. The first-order valence-corrected chi connectivity index (χ1v) is 6.12. The van der Waals surface area contributed by atoms with Crippen molar-refractivity contribution in [2.24, 2.45) is 0 Å². The van der Waals surface area contributed by atoms with Crippen molar-refractivity contribution >= 4 is 11.9 Å². The van der Waals surface area contributed by atoms with Crippen LogP contribution >= 0.6 is 0 Å². The Morgan fingerprint density at radius 2 is 2.06 bits per heavy atom. The number of hydrogen-bond acceptors (Lipinski definition) is 4. The van der Waals surface area contributed by atoms with Crippen LogP contribution in [0.4, 0.5) is 0 Å². The molecule has 1 heterocycles. The fourth-order valence-corrected chi connectivity index (χ4v) is 2.13. The van der Waals surface area contributed by atoms with Crippen molar-refractivity contribution in [3.63, 3.8) is 0 Å². The molecule has 1 saturated heterocycles. The number of carboxylic acid groups (broad SMARTS) is 1. The van der Waals surface area contributed by atoms with Crippen LogP contribution < -0.4 is 0 Å². The Bertz CT molecular complexity index is 316. The normalized spacial score (nSPS) is 22.8. The monoisotopic (exact) mass is 259 g/mol. The van der Waals surface area contributed by atoms with Crippen LogP contribution in [0, 0.1) is 0 Å². The zero-order valence-electron chi connectivity index (χ0n) is 10.9. The maximum absolute atomic E-state index is 11.9. The zero-order chi connectivity index (χ0) is 13.8. The smallest absolute Gasteiger partial charge is 0.303 e. The predicted molar refractivity (Wildman–Crippen MR) is 64.1 cm³/mol. The van der Waals surface area contributed by atoms with E-state index in [9.17, 15) is 9.59 Å². The maximum atomic E-state index is 11.9. The second kappa shape index (κ2) is 6.15. The molecular formula is C12H21NO5. The Hall–Kier alpha value is -1.14. The highest BCUT2D eigenvalue weighted by atomic mass is 16.5. The van der Waals surface area contributed by atoms with Gasteiger partial charge in [-0.2, -0.15) is 0 Å². The number of carbonyl (C=O) groups excluding carboxylic acids is 1. The van der Waals surface area contributed by atoms with Gasteiger partial charge in [0.2, 0.25) is 5.91 Å². The molecule has 0 aromatic rings. The number of aliphatic hydroxyl groups is 1. The molecule has 1 aliphatic heterocycles. The van der Waals surface area contributed by atoms with E-state index in [0.717, 1.165) is 0 Å². The van der Waals surface area contributed by atoms with Crippen LogP contribution in [0.3, 0.4) is 0 Å². The fourth-order valence-electron chi connectivity index (χ4n) is 2.13. The molecular weight excluding hydrogens is 238 g/mol. The fraction of sp³-hybridized carbons (Fsp3) is 0.833. The van der Waals surface area contributed by atoms with Gasteiger partial charge in [0.25, 0.3) is 0 Å². The van der Waals surface area contributed by atoms with Crippen molar-refractivity contribution in [3.8, 4) is 0 Å². The van der Waals surface area contributed by atoms with Gasteiger partial charge in [-0.3, -0.25) is 9.59 Å². The molecule has 0 aromatic heterocycles. The highest BCUT2D eigenvalue weighted by Gasteiger charge is 2.34. The summed E-state index contributed by atoms with van der Waals surface area (Å²) < 4.78 is 5.61. The van der Waals surface area contributed by atoms with Gasteiger partial charge in [0.15, 0.2) is 0 Å². The number of aliphatic hydroxyl groups excluding tert-OH is 1. The standard InChI is InChI=1S/C12H21NO5/c1-12(2)8-13(6-9(7-14)18-12)10(15)4-3-5-11(16)17/h9,14H,3-8H2,1-2H3,(H,16,17). The van der Waals surface area contributed by atoms with E-state index in [1.165, 1.54) is 0 Å². The Kier molecular flexibility index (Phi) is 5.10. The molecule has 0 radical (unpaired) electrons. The third kappa shape index (κ3) is 4.62. The average molecular weight is 259 g/mol. The number of hydrogen-bond donors (Lipinski definition) is 2. The van der Waals surface area contributed by atoms with Crippen molar-refractivity contribution in [3.05, 3.63) is 0 Å². The number of rotatable bonds is 5. The molecule has 0 saturated carbocycles. The maximum Gasteiger partial charge on any atom is 0.303 e. The molecule has 1 amide bonds. The molecule has 2 N–H and O–H groups in total. The van der Waals surface area contributed by atoms with E-state index in [1.54, 1.807) is 4.90 Å². The van der Waals surface area contributed by atoms with Gasteiger partial charge in [0.05, 0.1) is 18.3 Å². The van der Waals surface area contributed by atoms with E-state index >= 15 is 0 Å². The first-order chi connectivity index (χ1) is 8.34. The molecule has 1 unspecified atom stereocenters. The molecule has 104 valence electrons. The molecule has 1 rings (SSSR count). The topological polar surface area (TPSA) is 87.1 Å². The number of aliphatic carboxylic acids is 1. The van der Waals surface area contributed by atoms with E-state index in [0.29, 0.717) is 19.5 Å². The van der Waals surface area contributed by atoms with Crippen LogP contribution in [0.1, 0.15) is 33.1 Å². The number of ether oxygens (including phenoxy) is 1. The second-order valence-electron chi connectivity index (χ2n) is 5.20. The lowest BCUT2D eigenvalue weighted by atomic mass is 10.0. The van der Waals surface area contributed by atoms with Gasteiger partial charge in [0, 0.05) is 25.9 Å². The summed E-state index contributed by atoms with van der Waals surface area (Å²) in [6.45, 7) is 4.45. The van der Waals surface area contributed by atoms with E-state index in [2.05, 4.69) is 0 Å². The highest BCUT2D eigenvalue weighted by molar-refractivity contribution is 5.77. The lowest BCUT2D eigenvalue weighted by Crippen LogP contribution is -2.55. The Morgan fingerprint density at radius 1 is 1.39 bits per heavy atom. The molecule has 1 fully saturated rings. The van der Waals surface area contributed by atoms with Gasteiger partial charge < -0.3 is 19.8 Å². The minimum absolute atomic E-state index is 0.00288. The first kappa shape index (κ1) is 14.9. The zero-order valence-corrected chi connectivity index (χ0v) is 10.9. The summed E-state index contributed by atoms with van der Waals surface area (Å²) in [4.78, 5) is 24.0. The number of carbonyl (C=O) groups is 2. The first-order valence-electron chi connectivity index (χ1n) is 6.12. The van der Waals surface area contributed by atoms with Crippen LogP contribution in [-0.2, 0) is 14.3 Å². The van der Waals surface area contributed by atoms with Gasteiger partial charge in [0.1, 0.15) is 0 Å². The Balaban J connectivity index is 2.48. The van der Waals surface area contributed by atoms with Crippen LogP contribution in [0.5, 0.6) is 0 Å². The van der Waals surface area contributed by atoms with Gasteiger partial charge in [-0.25, -0.2) is 0 Å². The minimum atomic E-state index is -0.890. The quantitative estimate of drug-likeness (QED) is 0.738. The third-order valence-electron chi connectivity index (χ3n) is 2.82. The molecule has 18 heavy (non-hydrogen) atoms. The van der Waals surface area contributed by atoms with Crippen molar-refractivity contribution in [1.29, 1.82) is 0 Å². The van der Waals surface area contributed by atoms with E-state index in [-0.39, 0.29) is 31.5 Å². The van der Waals surface area contributed by atoms with Crippen molar-refractivity contribution in [1.82, 2.24) is 4.90 Å². The predicted octanol–water partition coefficient (Wildman–Crippen LogP) is 0.240. The summed E-state index contributed by atoms with van der Waals surface area (Å²) in [6, 6.07) is 0. The average Bonchev–Trinajstić information content (AvgIpc) is 2.26. The second-order valence-corrected chi connectivity index (χ2v) is 5.20. The van der Waals surface area contributed by atoms with Crippen LogP contribution in [0.25, 0.3) is 0 Å². The number of morpholine rings is 1. The van der Waals surface area contributed by atoms with E-state index < -0.39 is 11.6 Å². The third-order valence-corrected chi connectivity index (χ3v) is 2.82. The van der Waals surface area contributed by atoms with Crippen LogP contribution in [0.2, 0.25) is 0 Å². The lowest BCUT2D eigenvalue weighted by molar-refractivity contribution is -0.167. The summed E-state index contributed by atoms with van der Waals surface area (Å²) in [7, 11) is 0. The summed E-state index contributed by atoms with van der Waals surface area (Å²) in [5.74, 6) is -0.968. The Labute approximate surface area is 107 Å². The molecule has 0 aliphatic carbocycles. The Morgan fingerprint density at radius 3 is 2.61 bits per heavy atom. The molecule has 1 aliphatic rings. The molecule has 6 heteroatoms. The summed E-state index contributed by atoms with van der Waals surface area (Å²) >= 11 is 0. The molecule has 0 spiro atoms. The molecule has 0 aromatic carbocycles. The molecule has 6 nitrogen and oxygen atoms in total. The van der Waals surface area contributed by atoms with Crippen molar-refractivity contribution in [2.75, 3.05) is 19.7 Å². The lowest BCUT2D eigenvalue weighted by Gasteiger charge is -2.42. The highest BCUT2D eigenvalue weighted by Crippen LogP contribution is 2.21. The van der Waals surface area contributed by atoms with Crippen molar-refractivity contribution in [2.45, 2.75) is 44.8 Å². The van der Waals surface area contributed by atoms with E-state index in [4.69, 9.17) is 14.9 Å². The summed E-state index contributed by atoms with van der Waals surface area (Å²) in [5.41, 5.74) is -0.478. The SMILES string of the molecule is CC1(C)CN(C(=O)CCCC(=O)O)CC(CO)O1. The van der Waals surface area contributed by atoms with Gasteiger partial charge in [-0.1, -0.05) is 0 Å². The van der Waals surface area contributed by atoms with Gasteiger partial charge in [-0.05, 0) is 20.3 Å².